The lowest BCUT2D eigenvalue weighted by Crippen LogP contribution is -2.14. The Kier molecular flexibility index (Phi) is 4.38. The van der Waals surface area contributed by atoms with Gasteiger partial charge in [0, 0.05) is 11.6 Å². The highest BCUT2D eigenvalue weighted by Crippen LogP contribution is 2.31. The molecule has 0 aromatic heterocycles. The van der Waals surface area contributed by atoms with Gasteiger partial charge in [0.25, 0.3) is 0 Å². The highest BCUT2D eigenvalue weighted by molar-refractivity contribution is 5.72. The van der Waals surface area contributed by atoms with Crippen molar-refractivity contribution in [3.05, 3.63) is 54.1 Å². The monoisotopic (exact) mass is 271 g/mol. The molecular formula is C16H17NO3. The van der Waals surface area contributed by atoms with Gasteiger partial charge in [-0.15, -0.1) is 0 Å². The summed E-state index contributed by atoms with van der Waals surface area (Å²) in [6.07, 6.45) is -0.0879. The minimum absolute atomic E-state index is 0.0879. The first-order valence-electron chi connectivity index (χ1n) is 6.32. The molecule has 4 heteroatoms. The van der Waals surface area contributed by atoms with Crippen molar-refractivity contribution in [1.29, 1.82) is 0 Å². The summed E-state index contributed by atoms with van der Waals surface area (Å²) in [7, 11) is 1.62. The van der Waals surface area contributed by atoms with Crippen molar-refractivity contribution in [3.8, 4) is 16.9 Å². The van der Waals surface area contributed by atoms with Crippen molar-refractivity contribution in [1.82, 2.24) is 0 Å². The zero-order chi connectivity index (χ0) is 14.5. The molecule has 0 amide bonds. The number of methoxy groups -OCH3 is 1. The number of carbonyl (C=O) groups is 1. The Morgan fingerprint density at radius 2 is 2.00 bits per heavy atom. The van der Waals surface area contributed by atoms with Gasteiger partial charge in [-0.25, -0.2) is 0 Å². The lowest BCUT2D eigenvalue weighted by atomic mass is 9.98. The molecule has 0 aliphatic rings. The third-order valence-corrected chi connectivity index (χ3v) is 3.13. The second-order valence-corrected chi connectivity index (χ2v) is 4.53. The Morgan fingerprint density at radius 3 is 2.70 bits per heavy atom. The van der Waals surface area contributed by atoms with Crippen LogP contribution in [0.25, 0.3) is 11.1 Å². The maximum atomic E-state index is 10.7. The molecular weight excluding hydrogens is 254 g/mol. The molecule has 1 unspecified atom stereocenters. The fourth-order valence-corrected chi connectivity index (χ4v) is 2.13. The highest BCUT2D eigenvalue weighted by Gasteiger charge is 2.12. The van der Waals surface area contributed by atoms with E-state index in [1.807, 2.05) is 48.5 Å². The van der Waals surface area contributed by atoms with Crippen molar-refractivity contribution >= 4 is 5.97 Å². The summed E-state index contributed by atoms with van der Waals surface area (Å²) in [5.41, 5.74) is 8.62. The van der Waals surface area contributed by atoms with Crippen molar-refractivity contribution in [3.63, 3.8) is 0 Å². The average molecular weight is 271 g/mol. The Bertz CT molecular complexity index is 610. The number of ether oxygens (including phenoxy) is 1. The lowest BCUT2D eigenvalue weighted by Gasteiger charge is -2.13. The summed E-state index contributed by atoms with van der Waals surface area (Å²) >= 11 is 0. The molecule has 2 rings (SSSR count). The van der Waals surface area contributed by atoms with E-state index in [-0.39, 0.29) is 6.42 Å². The number of benzene rings is 2. The highest BCUT2D eigenvalue weighted by atomic mass is 16.5. The van der Waals surface area contributed by atoms with Crippen LogP contribution in [0.3, 0.4) is 0 Å². The molecule has 20 heavy (non-hydrogen) atoms. The molecule has 1 atom stereocenters. The first-order valence-corrected chi connectivity index (χ1v) is 6.32. The second kappa shape index (κ2) is 6.21. The van der Waals surface area contributed by atoms with E-state index >= 15 is 0 Å². The van der Waals surface area contributed by atoms with E-state index in [1.165, 1.54) is 0 Å². The minimum Gasteiger partial charge on any atom is -0.496 e. The van der Waals surface area contributed by atoms with Crippen LogP contribution in [0.2, 0.25) is 0 Å². The molecule has 4 nitrogen and oxygen atoms in total. The minimum atomic E-state index is -0.903. The number of nitrogens with two attached hydrogens (primary N) is 1. The molecule has 0 fully saturated rings. The van der Waals surface area contributed by atoms with Crippen molar-refractivity contribution in [2.24, 2.45) is 5.73 Å². The van der Waals surface area contributed by atoms with Crippen LogP contribution in [0.15, 0.2) is 48.5 Å². The van der Waals surface area contributed by atoms with Crippen LogP contribution in [0.1, 0.15) is 18.0 Å². The Morgan fingerprint density at radius 1 is 1.25 bits per heavy atom. The zero-order valence-electron chi connectivity index (χ0n) is 11.2. The summed E-state index contributed by atoms with van der Waals surface area (Å²) in [6, 6.07) is 14.7. The number of rotatable bonds is 5. The maximum absolute atomic E-state index is 10.7. The van der Waals surface area contributed by atoms with Crippen LogP contribution in [-0.4, -0.2) is 18.2 Å². The lowest BCUT2D eigenvalue weighted by molar-refractivity contribution is -0.137. The fraction of sp³-hybridized carbons (Fsp3) is 0.188. The molecule has 0 saturated heterocycles. The number of hydrogen-bond acceptors (Lipinski definition) is 3. The van der Waals surface area contributed by atoms with Crippen molar-refractivity contribution < 1.29 is 14.6 Å². The van der Waals surface area contributed by atoms with E-state index in [4.69, 9.17) is 15.6 Å². The van der Waals surface area contributed by atoms with Gasteiger partial charge in [0.05, 0.1) is 13.5 Å². The number of hydrogen-bond donors (Lipinski definition) is 2. The molecule has 0 heterocycles. The molecule has 0 spiro atoms. The quantitative estimate of drug-likeness (QED) is 0.877. The molecule has 104 valence electrons. The largest absolute Gasteiger partial charge is 0.496 e. The normalized spacial score (nSPS) is 11.9. The predicted molar refractivity (Wildman–Crippen MR) is 77.6 cm³/mol. The van der Waals surface area contributed by atoms with Crippen LogP contribution >= 0.6 is 0 Å². The Hall–Kier alpha value is -2.33. The topological polar surface area (TPSA) is 72.5 Å². The van der Waals surface area contributed by atoms with E-state index < -0.39 is 12.0 Å². The first kappa shape index (κ1) is 14.1. The molecule has 0 radical (unpaired) electrons. The molecule has 0 bridgehead atoms. The predicted octanol–water partition coefficient (Wildman–Crippen LogP) is 2.84. The van der Waals surface area contributed by atoms with Gasteiger partial charge >= 0.3 is 5.97 Å². The number of carboxylic acids is 1. The Labute approximate surface area is 117 Å². The van der Waals surface area contributed by atoms with Gasteiger partial charge in [-0.1, -0.05) is 36.4 Å². The molecule has 2 aromatic rings. The van der Waals surface area contributed by atoms with Crippen LogP contribution in [0.5, 0.6) is 5.75 Å². The summed E-state index contributed by atoms with van der Waals surface area (Å²) in [6.45, 7) is 0. The van der Waals surface area contributed by atoms with Gasteiger partial charge in [-0.2, -0.15) is 0 Å². The Balaban J connectivity index is 2.36. The van der Waals surface area contributed by atoms with Gasteiger partial charge in [-0.05, 0) is 23.3 Å². The number of aliphatic carboxylic acids is 1. The zero-order valence-corrected chi connectivity index (χ0v) is 11.2. The van der Waals surface area contributed by atoms with E-state index in [1.54, 1.807) is 7.11 Å². The van der Waals surface area contributed by atoms with Crippen LogP contribution in [0, 0.1) is 0 Å². The molecule has 3 N–H and O–H groups in total. The van der Waals surface area contributed by atoms with Gasteiger partial charge in [-0.3, -0.25) is 4.79 Å². The second-order valence-electron chi connectivity index (χ2n) is 4.53. The summed E-state index contributed by atoms with van der Waals surface area (Å²) in [4.78, 5) is 10.7. The first-order chi connectivity index (χ1) is 9.61. The molecule has 0 aliphatic carbocycles. The van der Waals surface area contributed by atoms with Crippen molar-refractivity contribution in [2.45, 2.75) is 12.5 Å². The smallest absolute Gasteiger partial charge is 0.305 e. The summed E-state index contributed by atoms with van der Waals surface area (Å²) in [5, 5.41) is 8.81. The molecule has 2 aromatic carbocycles. The standard InChI is InChI=1S/C16H17NO3/c1-20-15-8-3-2-7-13(15)11-5-4-6-12(9-11)14(17)10-16(18)19/h2-9,14H,10,17H2,1H3,(H,18,19). The molecule has 0 saturated carbocycles. The number of para-hydroxylation sites is 1. The van der Waals surface area contributed by atoms with E-state index in [0.717, 1.165) is 22.4 Å². The third-order valence-electron chi connectivity index (χ3n) is 3.13. The van der Waals surface area contributed by atoms with Crippen LogP contribution in [-0.2, 0) is 4.79 Å². The van der Waals surface area contributed by atoms with Crippen LogP contribution < -0.4 is 10.5 Å². The average Bonchev–Trinajstić information content (AvgIpc) is 2.46. The van der Waals surface area contributed by atoms with Crippen molar-refractivity contribution in [2.75, 3.05) is 7.11 Å². The van der Waals surface area contributed by atoms with Gasteiger partial charge in [0.15, 0.2) is 0 Å². The third kappa shape index (κ3) is 3.16. The number of carboxylic acid groups (broad SMARTS) is 1. The van der Waals surface area contributed by atoms with E-state index in [0.29, 0.717) is 0 Å². The van der Waals surface area contributed by atoms with Gasteiger partial charge in [0.1, 0.15) is 5.75 Å². The SMILES string of the molecule is COc1ccccc1-c1cccc(C(N)CC(=O)O)c1. The van der Waals surface area contributed by atoms with Gasteiger partial charge < -0.3 is 15.6 Å². The van der Waals surface area contributed by atoms with E-state index in [2.05, 4.69) is 0 Å². The van der Waals surface area contributed by atoms with Gasteiger partial charge in [0.2, 0.25) is 0 Å². The fourth-order valence-electron chi connectivity index (χ4n) is 2.13. The summed E-state index contributed by atoms with van der Waals surface area (Å²) < 4.78 is 5.34. The molecule has 0 aliphatic heterocycles. The summed E-state index contributed by atoms with van der Waals surface area (Å²) in [5.74, 6) is -0.128. The van der Waals surface area contributed by atoms with E-state index in [9.17, 15) is 4.79 Å². The maximum Gasteiger partial charge on any atom is 0.305 e. The van der Waals surface area contributed by atoms with Crippen LogP contribution in [0.4, 0.5) is 0 Å².